The quantitative estimate of drug-likeness (QED) is 0.256. The van der Waals surface area contributed by atoms with E-state index >= 15 is 0 Å². The predicted octanol–water partition coefficient (Wildman–Crippen LogP) is 7.59. The third-order valence-electron chi connectivity index (χ3n) is 4.90. The van der Waals surface area contributed by atoms with E-state index in [9.17, 15) is 13.2 Å². The minimum absolute atomic E-state index is 0.0318. The Morgan fingerprint density at radius 1 is 0.914 bits per heavy atom. The first-order chi connectivity index (χ1) is 16.7. The topological polar surface area (TPSA) is 68.3 Å². The summed E-state index contributed by atoms with van der Waals surface area (Å²) in [5, 5.41) is 5.71. The van der Waals surface area contributed by atoms with Crippen molar-refractivity contribution < 1.29 is 22.6 Å². The Hall–Kier alpha value is -3.49. The van der Waals surface area contributed by atoms with E-state index in [2.05, 4.69) is 27.5 Å². The number of hydrogen-bond donors (Lipinski definition) is 2. The van der Waals surface area contributed by atoms with Crippen molar-refractivity contribution in [2.75, 3.05) is 23.8 Å². The van der Waals surface area contributed by atoms with Gasteiger partial charge in [0.15, 0.2) is 0 Å². The van der Waals surface area contributed by atoms with Gasteiger partial charge in [0, 0.05) is 23.6 Å². The number of anilines is 4. The minimum atomic E-state index is -4.62. The highest BCUT2D eigenvalue weighted by atomic mass is 19.4. The number of benzene rings is 2. The first-order valence-electron chi connectivity index (χ1n) is 11.7. The van der Waals surface area contributed by atoms with Crippen molar-refractivity contribution in [3.05, 3.63) is 60.3 Å². The van der Waals surface area contributed by atoms with Crippen LogP contribution in [0.5, 0.6) is 11.5 Å². The molecule has 0 radical (unpaired) electrons. The molecule has 188 valence electrons. The Morgan fingerprint density at radius 2 is 1.69 bits per heavy atom. The van der Waals surface area contributed by atoms with Crippen LogP contribution >= 0.6 is 0 Å². The van der Waals surface area contributed by atoms with E-state index < -0.39 is 11.7 Å². The average molecular weight is 489 g/mol. The zero-order chi connectivity index (χ0) is 25.3. The maximum absolute atomic E-state index is 13.6. The molecule has 0 saturated heterocycles. The molecule has 1 heterocycles. The first-order valence-corrected chi connectivity index (χ1v) is 11.7. The lowest BCUT2D eigenvalue weighted by Crippen LogP contribution is -2.12. The Balaban J connectivity index is 1.75. The van der Waals surface area contributed by atoms with Crippen LogP contribution in [0.1, 0.15) is 45.6 Å². The summed E-state index contributed by atoms with van der Waals surface area (Å²) in [6, 6.07) is 13.9. The molecule has 1 aromatic heterocycles. The Kier molecular flexibility index (Phi) is 9.17. The van der Waals surface area contributed by atoms with E-state index in [1.807, 2.05) is 13.8 Å². The smallest absolute Gasteiger partial charge is 0.421 e. The summed E-state index contributed by atoms with van der Waals surface area (Å²) in [4.78, 5) is 7.96. The van der Waals surface area contributed by atoms with Gasteiger partial charge in [0.2, 0.25) is 5.95 Å². The summed E-state index contributed by atoms with van der Waals surface area (Å²) in [6.07, 6.45) is -0.645. The Morgan fingerprint density at radius 3 is 2.37 bits per heavy atom. The van der Waals surface area contributed by atoms with Gasteiger partial charge in [0.1, 0.15) is 22.9 Å². The molecule has 2 aromatic carbocycles. The van der Waals surface area contributed by atoms with Crippen molar-refractivity contribution >= 4 is 23.1 Å². The summed E-state index contributed by atoms with van der Waals surface area (Å²) in [7, 11) is 0. The fourth-order valence-corrected chi connectivity index (χ4v) is 3.11. The number of aromatic nitrogens is 2. The van der Waals surface area contributed by atoms with E-state index in [1.54, 1.807) is 48.5 Å². The van der Waals surface area contributed by atoms with Crippen molar-refractivity contribution in [2.45, 2.75) is 46.2 Å². The average Bonchev–Trinajstić information content (AvgIpc) is 2.81. The molecule has 0 aliphatic rings. The highest BCUT2D eigenvalue weighted by Gasteiger charge is 2.35. The standard InChI is InChI=1S/C26H31F3N4O2/c1-4-5-6-14-34-21-12-10-19(11-13-21)32-25-30-16-23(26(27,28)29)24(33-25)31-20-8-7-9-22(15-20)35-17-18(2)3/h7-13,15-16,18H,4-6,14,17H2,1-3H3,(H2,30,31,32,33). The van der Waals surface area contributed by atoms with Crippen LogP contribution in [-0.2, 0) is 6.18 Å². The van der Waals surface area contributed by atoms with Gasteiger partial charge in [-0.15, -0.1) is 0 Å². The van der Waals surface area contributed by atoms with Crippen molar-refractivity contribution in [1.82, 2.24) is 9.97 Å². The third kappa shape index (κ3) is 8.35. The van der Waals surface area contributed by atoms with Crippen LogP contribution in [0.3, 0.4) is 0 Å². The van der Waals surface area contributed by atoms with Crippen LogP contribution in [-0.4, -0.2) is 23.2 Å². The lowest BCUT2D eigenvalue weighted by Gasteiger charge is -2.16. The second kappa shape index (κ2) is 12.3. The number of halogens is 3. The summed E-state index contributed by atoms with van der Waals surface area (Å²) < 4.78 is 52.2. The van der Waals surface area contributed by atoms with Gasteiger partial charge in [0.25, 0.3) is 0 Å². The monoisotopic (exact) mass is 488 g/mol. The summed E-state index contributed by atoms with van der Waals surface area (Å²) in [6.45, 7) is 7.30. The van der Waals surface area contributed by atoms with E-state index in [4.69, 9.17) is 9.47 Å². The van der Waals surface area contributed by atoms with Crippen LogP contribution < -0.4 is 20.1 Å². The van der Waals surface area contributed by atoms with Crippen LogP contribution in [0.4, 0.5) is 36.3 Å². The number of nitrogens with zero attached hydrogens (tertiary/aromatic N) is 2. The second-order valence-electron chi connectivity index (χ2n) is 8.52. The molecule has 0 unspecified atom stereocenters. The van der Waals surface area contributed by atoms with Crippen LogP contribution in [0.25, 0.3) is 0 Å². The molecule has 2 N–H and O–H groups in total. The van der Waals surface area contributed by atoms with Crippen LogP contribution in [0, 0.1) is 5.92 Å². The van der Waals surface area contributed by atoms with E-state index in [1.165, 1.54) is 0 Å². The fourth-order valence-electron chi connectivity index (χ4n) is 3.11. The molecule has 6 nitrogen and oxygen atoms in total. The minimum Gasteiger partial charge on any atom is -0.494 e. The van der Waals surface area contributed by atoms with E-state index in [-0.39, 0.29) is 11.8 Å². The molecular weight excluding hydrogens is 457 g/mol. The molecule has 35 heavy (non-hydrogen) atoms. The maximum atomic E-state index is 13.6. The SMILES string of the molecule is CCCCCOc1ccc(Nc2ncc(C(F)(F)F)c(Nc3cccc(OCC(C)C)c3)n2)cc1. The van der Waals surface area contributed by atoms with Gasteiger partial charge in [-0.25, -0.2) is 4.98 Å². The lowest BCUT2D eigenvalue weighted by molar-refractivity contribution is -0.137. The normalized spacial score (nSPS) is 11.4. The zero-order valence-electron chi connectivity index (χ0n) is 20.2. The number of unbranched alkanes of at least 4 members (excludes halogenated alkanes) is 2. The molecule has 3 rings (SSSR count). The van der Waals surface area contributed by atoms with Crippen molar-refractivity contribution in [1.29, 1.82) is 0 Å². The van der Waals surface area contributed by atoms with Gasteiger partial charge in [-0.1, -0.05) is 39.7 Å². The molecule has 9 heteroatoms. The number of nitrogens with one attached hydrogen (secondary N) is 2. The predicted molar refractivity (Wildman–Crippen MR) is 132 cm³/mol. The molecule has 0 bridgehead atoms. The highest BCUT2D eigenvalue weighted by molar-refractivity contribution is 5.64. The van der Waals surface area contributed by atoms with Crippen molar-refractivity contribution in [3.63, 3.8) is 0 Å². The van der Waals surface area contributed by atoms with Gasteiger partial charge in [-0.05, 0) is 48.7 Å². The third-order valence-corrected chi connectivity index (χ3v) is 4.90. The van der Waals surface area contributed by atoms with Crippen molar-refractivity contribution in [3.8, 4) is 11.5 Å². The Bertz CT molecular complexity index is 1070. The maximum Gasteiger partial charge on any atom is 0.421 e. The highest BCUT2D eigenvalue weighted by Crippen LogP contribution is 2.36. The van der Waals surface area contributed by atoms with Gasteiger partial charge in [-0.2, -0.15) is 18.2 Å². The second-order valence-corrected chi connectivity index (χ2v) is 8.52. The Labute approximate surface area is 203 Å². The van der Waals surface area contributed by atoms with Crippen molar-refractivity contribution in [2.24, 2.45) is 5.92 Å². The van der Waals surface area contributed by atoms with E-state index in [0.29, 0.717) is 36.3 Å². The van der Waals surface area contributed by atoms with Gasteiger partial charge >= 0.3 is 6.18 Å². The molecular formula is C26H31F3N4O2. The molecule has 0 fully saturated rings. The number of hydrogen-bond acceptors (Lipinski definition) is 6. The van der Waals surface area contributed by atoms with Crippen LogP contribution in [0.2, 0.25) is 0 Å². The molecule has 0 atom stereocenters. The zero-order valence-corrected chi connectivity index (χ0v) is 20.2. The molecule has 0 amide bonds. The summed E-state index contributed by atoms with van der Waals surface area (Å²) in [5.74, 6) is 1.28. The van der Waals surface area contributed by atoms with E-state index in [0.717, 1.165) is 31.2 Å². The fraction of sp³-hybridized carbons (Fsp3) is 0.385. The molecule has 3 aromatic rings. The van der Waals surface area contributed by atoms with Crippen LogP contribution in [0.15, 0.2) is 54.7 Å². The number of rotatable bonds is 12. The van der Waals surface area contributed by atoms with Gasteiger partial charge in [-0.3, -0.25) is 0 Å². The molecule has 0 spiro atoms. The van der Waals surface area contributed by atoms with Gasteiger partial charge < -0.3 is 20.1 Å². The molecule has 0 aliphatic heterocycles. The van der Waals surface area contributed by atoms with Gasteiger partial charge in [0.05, 0.1) is 13.2 Å². The lowest BCUT2D eigenvalue weighted by atomic mass is 10.2. The summed E-state index contributed by atoms with van der Waals surface area (Å²) >= 11 is 0. The number of alkyl halides is 3. The molecule has 0 saturated carbocycles. The summed E-state index contributed by atoms with van der Waals surface area (Å²) in [5.41, 5.74) is 0.0825. The molecule has 0 aliphatic carbocycles. The first kappa shape index (κ1) is 26.1. The number of ether oxygens (including phenoxy) is 2. The largest absolute Gasteiger partial charge is 0.494 e.